The number of nitrogens with one attached hydrogen (secondary N) is 1. The zero-order valence-corrected chi connectivity index (χ0v) is 16.2. The van der Waals surface area contributed by atoms with Crippen molar-refractivity contribution in [1.82, 2.24) is 9.62 Å². The first kappa shape index (κ1) is 21.0. The lowest BCUT2D eigenvalue weighted by Crippen LogP contribution is -2.31. The third-order valence-corrected chi connectivity index (χ3v) is 6.26. The number of nitrogens with zero attached hydrogens (tertiary/aromatic N) is 1. The standard InChI is InChI=1S/C19H22F2N2O3S/c1-4-23(5-2)27(25,26)16-8-6-7-14(11-16)19(24)22-13(3)17-10-9-15(20)12-18(17)21/h6-13H,4-5H2,1-3H3,(H,22,24)/t13-/m0/s1. The quantitative estimate of drug-likeness (QED) is 0.779. The lowest BCUT2D eigenvalue weighted by molar-refractivity contribution is 0.0939. The van der Waals surface area contributed by atoms with Gasteiger partial charge in [0.05, 0.1) is 10.9 Å². The molecule has 0 saturated heterocycles. The van der Waals surface area contributed by atoms with Crippen molar-refractivity contribution in [2.75, 3.05) is 13.1 Å². The van der Waals surface area contributed by atoms with Crippen LogP contribution < -0.4 is 5.32 Å². The summed E-state index contributed by atoms with van der Waals surface area (Å²) in [5.41, 5.74) is 0.272. The second-order valence-electron chi connectivity index (χ2n) is 5.98. The van der Waals surface area contributed by atoms with Crippen LogP contribution in [0.4, 0.5) is 8.78 Å². The highest BCUT2D eigenvalue weighted by Gasteiger charge is 2.23. The highest BCUT2D eigenvalue weighted by molar-refractivity contribution is 7.89. The van der Waals surface area contributed by atoms with Gasteiger partial charge in [-0.3, -0.25) is 4.79 Å². The first-order valence-corrected chi connectivity index (χ1v) is 10.0. The highest BCUT2D eigenvalue weighted by Crippen LogP contribution is 2.20. The second-order valence-corrected chi connectivity index (χ2v) is 7.92. The maximum Gasteiger partial charge on any atom is 0.251 e. The Balaban J connectivity index is 2.25. The lowest BCUT2D eigenvalue weighted by atomic mass is 10.1. The molecule has 0 fully saturated rings. The molecule has 0 aliphatic carbocycles. The lowest BCUT2D eigenvalue weighted by Gasteiger charge is -2.19. The molecule has 27 heavy (non-hydrogen) atoms. The molecule has 0 aliphatic rings. The van der Waals surface area contributed by atoms with E-state index < -0.39 is 33.6 Å². The molecule has 146 valence electrons. The van der Waals surface area contributed by atoms with Gasteiger partial charge in [-0.2, -0.15) is 4.31 Å². The van der Waals surface area contributed by atoms with Gasteiger partial charge in [-0.05, 0) is 31.2 Å². The predicted octanol–water partition coefficient (Wildman–Crippen LogP) is 3.49. The predicted molar refractivity (Wildman–Crippen MR) is 98.8 cm³/mol. The van der Waals surface area contributed by atoms with Crippen LogP contribution in [0.2, 0.25) is 0 Å². The van der Waals surface area contributed by atoms with E-state index in [4.69, 9.17) is 0 Å². The Morgan fingerprint density at radius 2 is 1.78 bits per heavy atom. The SMILES string of the molecule is CCN(CC)S(=O)(=O)c1cccc(C(=O)N[C@@H](C)c2ccc(F)cc2F)c1. The van der Waals surface area contributed by atoms with Gasteiger partial charge in [-0.15, -0.1) is 0 Å². The Bertz CT molecular complexity index is 928. The molecule has 1 amide bonds. The number of carbonyl (C=O) groups excluding carboxylic acids is 1. The van der Waals surface area contributed by atoms with Gasteiger partial charge in [-0.1, -0.05) is 26.0 Å². The average molecular weight is 396 g/mol. The topological polar surface area (TPSA) is 66.5 Å². The molecule has 1 atom stereocenters. The number of sulfonamides is 1. The van der Waals surface area contributed by atoms with E-state index in [0.29, 0.717) is 13.1 Å². The number of carbonyl (C=O) groups is 1. The van der Waals surface area contributed by atoms with E-state index in [9.17, 15) is 22.0 Å². The molecule has 0 radical (unpaired) electrons. The highest BCUT2D eigenvalue weighted by atomic mass is 32.2. The first-order chi connectivity index (χ1) is 12.7. The van der Waals surface area contributed by atoms with Crippen molar-refractivity contribution in [2.45, 2.75) is 31.7 Å². The Hall–Kier alpha value is -2.32. The molecule has 1 N–H and O–H groups in total. The van der Waals surface area contributed by atoms with E-state index in [-0.39, 0.29) is 16.0 Å². The van der Waals surface area contributed by atoms with Gasteiger partial charge < -0.3 is 5.32 Å². The monoisotopic (exact) mass is 396 g/mol. The fourth-order valence-corrected chi connectivity index (χ4v) is 4.23. The minimum absolute atomic E-state index is 0.0134. The minimum atomic E-state index is -3.70. The minimum Gasteiger partial charge on any atom is -0.345 e. The van der Waals surface area contributed by atoms with Crippen LogP contribution in [0.25, 0.3) is 0 Å². The van der Waals surface area contributed by atoms with E-state index in [1.165, 1.54) is 34.6 Å². The van der Waals surface area contributed by atoms with Gasteiger partial charge in [0.2, 0.25) is 10.0 Å². The van der Waals surface area contributed by atoms with Crippen molar-refractivity contribution in [2.24, 2.45) is 0 Å². The van der Waals surface area contributed by atoms with Gasteiger partial charge in [0.15, 0.2) is 0 Å². The molecule has 2 aromatic rings. The third kappa shape index (κ3) is 4.70. The summed E-state index contributed by atoms with van der Waals surface area (Å²) < 4.78 is 53.4. The van der Waals surface area contributed by atoms with Crippen LogP contribution >= 0.6 is 0 Å². The van der Waals surface area contributed by atoms with E-state index in [2.05, 4.69) is 5.32 Å². The molecule has 0 heterocycles. The van der Waals surface area contributed by atoms with Gasteiger partial charge >= 0.3 is 0 Å². The van der Waals surface area contributed by atoms with Crippen LogP contribution in [0.3, 0.4) is 0 Å². The van der Waals surface area contributed by atoms with Crippen molar-refractivity contribution < 1.29 is 22.0 Å². The molecule has 0 aliphatic heterocycles. The summed E-state index contributed by atoms with van der Waals surface area (Å²) in [5.74, 6) is -2.02. The van der Waals surface area contributed by atoms with Gasteiger partial charge in [0.1, 0.15) is 11.6 Å². The van der Waals surface area contributed by atoms with Crippen LogP contribution in [-0.2, 0) is 10.0 Å². The number of hydrogen-bond acceptors (Lipinski definition) is 3. The summed E-state index contributed by atoms with van der Waals surface area (Å²) in [6.45, 7) is 5.66. The summed E-state index contributed by atoms with van der Waals surface area (Å²) in [4.78, 5) is 12.5. The molecule has 2 aromatic carbocycles. The fraction of sp³-hybridized carbons (Fsp3) is 0.316. The molecule has 8 heteroatoms. The molecular formula is C19H22F2N2O3S. The Labute approximate surface area is 158 Å². The van der Waals surface area contributed by atoms with Gasteiger partial charge in [0, 0.05) is 30.3 Å². The molecule has 0 saturated carbocycles. The molecule has 0 aromatic heterocycles. The first-order valence-electron chi connectivity index (χ1n) is 8.56. The smallest absolute Gasteiger partial charge is 0.251 e. The Morgan fingerprint density at radius 3 is 2.37 bits per heavy atom. The number of amides is 1. The molecule has 0 unspecified atom stereocenters. The number of hydrogen-bond donors (Lipinski definition) is 1. The molecule has 0 spiro atoms. The van der Waals surface area contributed by atoms with Crippen LogP contribution in [0, 0.1) is 11.6 Å². The Morgan fingerprint density at radius 1 is 1.11 bits per heavy atom. The largest absolute Gasteiger partial charge is 0.345 e. The summed E-state index contributed by atoms with van der Waals surface area (Å²) in [6.07, 6.45) is 0. The summed E-state index contributed by atoms with van der Waals surface area (Å²) in [6, 6.07) is 8.06. The fourth-order valence-electron chi connectivity index (χ4n) is 2.72. The third-order valence-electron chi connectivity index (χ3n) is 4.22. The van der Waals surface area contributed by atoms with Crippen molar-refractivity contribution >= 4 is 15.9 Å². The molecule has 0 bridgehead atoms. The van der Waals surface area contributed by atoms with Crippen LogP contribution in [0.5, 0.6) is 0 Å². The zero-order chi connectivity index (χ0) is 20.2. The maximum atomic E-state index is 13.9. The normalized spacial score (nSPS) is 12.8. The van der Waals surface area contributed by atoms with E-state index in [0.717, 1.165) is 12.1 Å². The second kappa shape index (κ2) is 8.58. The van der Waals surface area contributed by atoms with Gasteiger partial charge in [-0.25, -0.2) is 17.2 Å². The van der Waals surface area contributed by atoms with E-state index in [1.807, 2.05) is 0 Å². The number of rotatable bonds is 7. The summed E-state index contributed by atoms with van der Waals surface area (Å²) in [5, 5.41) is 2.60. The van der Waals surface area contributed by atoms with Crippen LogP contribution in [0.1, 0.15) is 42.7 Å². The van der Waals surface area contributed by atoms with Gasteiger partial charge in [0.25, 0.3) is 5.91 Å². The van der Waals surface area contributed by atoms with E-state index in [1.54, 1.807) is 20.8 Å². The van der Waals surface area contributed by atoms with Crippen LogP contribution in [-0.4, -0.2) is 31.7 Å². The van der Waals surface area contributed by atoms with Crippen molar-refractivity contribution in [3.8, 4) is 0 Å². The molecular weight excluding hydrogens is 374 g/mol. The maximum absolute atomic E-state index is 13.9. The summed E-state index contributed by atoms with van der Waals surface area (Å²) in [7, 11) is -3.70. The molecule has 2 rings (SSSR count). The van der Waals surface area contributed by atoms with Crippen molar-refractivity contribution in [1.29, 1.82) is 0 Å². The van der Waals surface area contributed by atoms with Crippen LogP contribution in [0.15, 0.2) is 47.4 Å². The molecule has 5 nitrogen and oxygen atoms in total. The Kier molecular flexibility index (Phi) is 6.67. The average Bonchev–Trinajstić information content (AvgIpc) is 2.62. The zero-order valence-electron chi connectivity index (χ0n) is 15.4. The number of benzene rings is 2. The summed E-state index contributed by atoms with van der Waals surface area (Å²) >= 11 is 0. The van der Waals surface area contributed by atoms with Crippen molar-refractivity contribution in [3.05, 3.63) is 65.2 Å². The number of halogens is 2. The van der Waals surface area contributed by atoms with Crippen molar-refractivity contribution in [3.63, 3.8) is 0 Å². The van der Waals surface area contributed by atoms with E-state index >= 15 is 0 Å².